The molecule has 0 bridgehead atoms. The molecule has 26 aromatic rings. The summed E-state index contributed by atoms with van der Waals surface area (Å²) < 4.78 is 6.11. The van der Waals surface area contributed by atoms with Crippen LogP contribution in [0.4, 0.5) is 0 Å². The van der Waals surface area contributed by atoms with E-state index in [0.717, 1.165) is 108 Å². The first-order chi connectivity index (χ1) is 60.4. The summed E-state index contributed by atoms with van der Waals surface area (Å²) in [5.74, 6) is 0.675. The summed E-state index contributed by atoms with van der Waals surface area (Å²) in [6.07, 6.45) is 10.1. The van der Waals surface area contributed by atoms with Gasteiger partial charge in [0.25, 0.3) is 0 Å². The molecule has 28 rings (SSSR count). The average molecular weight is 2020 g/mol. The summed E-state index contributed by atoms with van der Waals surface area (Å²) in [6, 6.07) is 140. The van der Waals surface area contributed by atoms with Crippen LogP contribution in [0.1, 0.15) is 22.3 Å². The molecule has 2 nitrogen and oxygen atoms in total. The van der Waals surface area contributed by atoms with Gasteiger partial charge in [0.1, 0.15) is 5.75 Å². The molecule has 0 saturated carbocycles. The molecule has 2 aliphatic carbocycles. The van der Waals surface area contributed by atoms with Crippen molar-refractivity contribution in [2.45, 2.75) is 12.8 Å². The van der Waals surface area contributed by atoms with Gasteiger partial charge in [-0.15, -0.1) is 0 Å². The molecule has 0 saturated heterocycles. The Morgan fingerprint density at radius 3 is 0.837 bits per heavy atom. The van der Waals surface area contributed by atoms with Crippen LogP contribution in [-0.4, -0.2) is 12.7 Å². The van der Waals surface area contributed by atoms with E-state index in [4.69, 9.17) is 9.68 Å². The summed E-state index contributed by atoms with van der Waals surface area (Å²) in [4.78, 5) is 0. The molecule has 8 atom stereocenters. The Morgan fingerprint density at radius 1 is 0.236 bits per heavy atom. The third-order valence-corrected chi connectivity index (χ3v) is 242. The number of fused-ring (bicyclic) bond motifs is 14. The molecule has 2 aliphatic rings. The van der Waals surface area contributed by atoms with Crippen molar-refractivity contribution >= 4 is 172 Å². The van der Waals surface area contributed by atoms with E-state index in [2.05, 4.69) is 386 Å². The molecular weight excluding hydrogens is 1950 g/mol. The number of hydrogen-bond acceptors (Lipinski definition) is 2. The Labute approximate surface area is 750 Å². The smallest absolute Gasteiger partial charge is 0.537 e. The Balaban J connectivity index is 0.000000102. The van der Waals surface area contributed by atoms with E-state index in [1.54, 1.807) is 15.1 Å². The van der Waals surface area contributed by atoms with Crippen molar-refractivity contribution in [3.63, 3.8) is 0 Å². The molecule has 8 aromatic heterocycles. The van der Waals surface area contributed by atoms with Gasteiger partial charge in [0.2, 0.25) is 0 Å². The molecule has 0 aliphatic heterocycles. The number of hydrogen-bond donors (Lipinski definition) is 1. The quantitative estimate of drug-likeness (QED) is 0.0868. The summed E-state index contributed by atoms with van der Waals surface area (Å²) in [7, 11) is 4.04. The Hall–Kier alpha value is -7.23. The maximum Gasteiger partial charge on any atom is 0.569 e. The van der Waals surface area contributed by atoms with Gasteiger partial charge in [-0.1, -0.05) is 355 Å². The molecule has 0 spiro atoms. The Bertz CT molecular complexity index is 7890. The summed E-state index contributed by atoms with van der Waals surface area (Å²) in [5.41, 5.74) is 33.0. The van der Waals surface area contributed by atoms with Gasteiger partial charge in [-0.2, -0.15) is 0 Å². The van der Waals surface area contributed by atoms with Crippen LogP contribution in [0, 0.1) is 0 Å². The van der Waals surface area contributed by atoms with Crippen LogP contribution in [0.25, 0.3) is 165 Å². The molecular formula is C102H71BBrO2P16Pd. The van der Waals surface area contributed by atoms with Crippen molar-refractivity contribution in [3.8, 4) is 128 Å². The van der Waals surface area contributed by atoms with Gasteiger partial charge in [0, 0.05) is 24.9 Å². The van der Waals surface area contributed by atoms with Crippen LogP contribution in [0.2, 0.25) is 0 Å². The minimum atomic E-state index is 0. The third kappa shape index (κ3) is 14.6. The van der Waals surface area contributed by atoms with Gasteiger partial charge >= 0.3 is 7.69 Å². The van der Waals surface area contributed by atoms with Crippen molar-refractivity contribution in [2.24, 2.45) is 0 Å². The van der Waals surface area contributed by atoms with Crippen molar-refractivity contribution < 1.29 is 30.1 Å². The fourth-order valence-electron chi connectivity index (χ4n) is 18.1. The molecule has 1 radical (unpaired) electrons. The van der Waals surface area contributed by atoms with Gasteiger partial charge in [0.05, 0.1) is 0 Å². The van der Waals surface area contributed by atoms with E-state index >= 15 is 0 Å². The second-order valence-electron chi connectivity index (χ2n) is 31.5. The standard InChI is InChI=1S/C51H34.C38H25Br.C13H10BO2.H2P16.Pd/c1-3-13-34(14-4-1)40-31-41(35-15-5-2-6-16-35)33-42(32-40)36-23-25-37(26-24-36)50-46-19-9-11-21-48(46)51(49-22-12-10-20-47(49)50)39-27-28-45-43(30-39)29-38-17-7-8-18-44(38)45;39-38-35-17-9-7-15-33(35)37(34-16-8-10-18-36(34)38)29-21-19-28(20-22-29)32-24-30(26-11-3-1-4-12-26)23-31(25-32)27-13-5-2-6-14-27;15-14-16-11-5-6-13-10(8-11)7-9-3-1-2-4-12(9)13;1-3-4(1)7(3)9-11-12(9)15(11)16-13-10(14(13)16)8-5-2-6(5)8;/h1-28,30-33H,29H2;1-25H;1-6,8,15H,7H2;1-2H;. The molecule has 123 heavy (non-hydrogen) atoms. The monoisotopic (exact) mass is 2020 g/mol. The van der Waals surface area contributed by atoms with Gasteiger partial charge in [0.15, 0.2) is 0 Å². The predicted molar refractivity (Wildman–Crippen MR) is 565 cm³/mol. The Kier molecular flexibility index (Phi) is 21.1. The molecule has 591 valence electrons. The second kappa shape index (κ2) is 32.8. The van der Waals surface area contributed by atoms with Crippen LogP contribution in [0.15, 0.2) is 393 Å². The van der Waals surface area contributed by atoms with Gasteiger partial charge < -0.3 is 9.68 Å². The summed E-state index contributed by atoms with van der Waals surface area (Å²) >= 11 is 3.88. The van der Waals surface area contributed by atoms with E-state index in [0.29, 0.717) is 13.4 Å². The van der Waals surface area contributed by atoms with E-state index in [1.165, 1.54) is 188 Å². The van der Waals surface area contributed by atoms with Crippen LogP contribution < -0.4 is 4.65 Å². The zero-order valence-corrected chi connectivity index (χ0v) is 83.4. The predicted octanol–water partition coefficient (Wildman–Crippen LogP) is 40.7. The van der Waals surface area contributed by atoms with Gasteiger partial charge in [-0.05, 0) is 355 Å². The van der Waals surface area contributed by atoms with Crippen LogP contribution >= 0.6 is 121 Å². The molecule has 1 N–H and O–H groups in total. The molecule has 0 fully saturated rings. The average Bonchev–Trinajstić information content (AvgIpc) is 1.41. The van der Waals surface area contributed by atoms with Crippen LogP contribution in [0.3, 0.4) is 0 Å². The number of rotatable bonds is 14. The maximum atomic E-state index is 8.59. The second-order valence-corrected chi connectivity index (χ2v) is 137. The number of halogens is 1. The molecule has 21 heteroatoms. The van der Waals surface area contributed by atoms with Crippen LogP contribution in [-0.2, 0) is 33.3 Å². The van der Waals surface area contributed by atoms with Crippen molar-refractivity contribution in [1.29, 1.82) is 0 Å². The number of benzene rings is 18. The molecule has 0 amide bonds. The summed E-state index contributed by atoms with van der Waals surface area (Å²) in [5, 5.41) is 18.7. The topological polar surface area (TPSA) is 29.5 Å². The molecule has 8 unspecified atom stereocenters. The normalized spacial score (nSPS) is 14.4. The molecule has 18 aromatic carbocycles. The molecule has 8 heterocycles. The Morgan fingerprint density at radius 2 is 0.496 bits per heavy atom. The zero-order valence-electron chi connectivity index (χ0n) is 65.8. The fourth-order valence-corrected chi connectivity index (χ4v) is 469. The third-order valence-electron chi connectivity index (χ3n) is 24.4. The van der Waals surface area contributed by atoms with Crippen molar-refractivity contribution in [1.82, 2.24) is 0 Å². The first-order valence-corrected chi connectivity index (χ1v) is 79.3. The maximum absolute atomic E-state index is 8.59. The van der Waals surface area contributed by atoms with Crippen molar-refractivity contribution in [2.75, 3.05) is 0 Å². The minimum Gasteiger partial charge on any atom is -0.537 e. The van der Waals surface area contributed by atoms with Crippen molar-refractivity contribution in [3.05, 3.63) is 415 Å². The largest absolute Gasteiger partial charge is 0.569 e. The van der Waals surface area contributed by atoms with E-state index in [-0.39, 0.29) is 20.4 Å². The van der Waals surface area contributed by atoms with Crippen LogP contribution in [0.5, 0.6) is 5.75 Å². The van der Waals surface area contributed by atoms with E-state index < -0.39 is 0 Å². The first kappa shape index (κ1) is 79.2. The van der Waals surface area contributed by atoms with Gasteiger partial charge in [-0.3, -0.25) is 0 Å². The fraction of sp³-hybridized carbons (Fsp3) is 0.0196. The van der Waals surface area contributed by atoms with Gasteiger partial charge in [-0.25, -0.2) is 0 Å². The van der Waals surface area contributed by atoms with E-state index in [9.17, 15) is 0 Å². The zero-order chi connectivity index (χ0) is 80.4. The first-order valence-electron chi connectivity index (χ1n) is 40.9. The SMILES string of the molecule is Brc1c2ccccc2c(-c2ccc(-c3cc(-c4ccccc4)cc(-c4ccccc4)c3)cc2)c2ccccc12.O[B]Oc1ccc2c(c1)Cc1ccccc1-2.[Pd].[pH]1p2p(-p3p4p(-p5p6p(-p7p8[pH]p78)p56)p34)p12.c1ccc(-c2cc(-c3ccccc3)cc(-c3ccc(-c4c5ccccc5c(-c5ccc6c(c5)Cc5ccccc5-6)c5ccccc45)cc3)c2)cc1. The van der Waals surface area contributed by atoms with E-state index in [1.807, 2.05) is 18.2 Å². The summed E-state index contributed by atoms with van der Waals surface area (Å²) in [6.45, 7) is 6.29. The minimum absolute atomic E-state index is 0.